The fourth-order valence-corrected chi connectivity index (χ4v) is 3.27. The third-order valence-electron chi connectivity index (χ3n) is 4.93. The van der Waals surface area contributed by atoms with E-state index in [-0.39, 0.29) is 11.9 Å². The maximum Gasteiger partial charge on any atom is 0.236 e. The highest BCUT2D eigenvalue weighted by molar-refractivity contribution is 5.81. The number of methoxy groups -OCH3 is 1. The number of nitrogens with one attached hydrogen (secondary N) is 2. The summed E-state index contributed by atoms with van der Waals surface area (Å²) < 4.78 is 7.50. The Morgan fingerprint density at radius 2 is 1.87 bits per heavy atom. The predicted molar refractivity (Wildman–Crippen MR) is 119 cm³/mol. The van der Waals surface area contributed by atoms with Gasteiger partial charge >= 0.3 is 0 Å². The van der Waals surface area contributed by atoms with Crippen LogP contribution < -0.4 is 15.4 Å². The number of carbonyl (C=O) groups is 1. The Morgan fingerprint density at radius 3 is 2.60 bits per heavy atom. The highest BCUT2D eigenvalue weighted by Gasteiger charge is 2.17. The molecule has 0 aliphatic rings. The first-order valence-electron chi connectivity index (χ1n) is 10.4. The first-order chi connectivity index (χ1) is 14.6. The second-order valence-electron chi connectivity index (χ2n) is 7.28. The van der Waals surface area contributed by atoms with E-state index >= 15 is 0 Å². The van der Waals surface area contributed by atoms with Crippen LogP contribution in [0, 0.1) is 0 Å². The van der Waals surface area contributed by atoms with Crippen molar-refractivity contribution in [1.29, 1.82) is 0 Å². The highest BCUT2D eigenvalue weighted by atomic mass is 16.5. The lowest BCUT2D eigenvalue weighted by Gasteiger charge is -2.14. The molecule has 0 fully saturated rings. The summed E-state index contributed by atoms with van der Waals surface area (Å²) in [6, 6.07) is 17.8. The second kappa shape index (κ2) is 10.6. The minimum Gasteiger partial charge on any atom is -0.496 e. The van der Waals surface area contributed by atoms with Crippen molar-refractivity contribution in [2.75, 3.05) is 13.7 Å². The van der Waals surface area contributed by atoms with Gasteiger partial charge in [-0.15, -0.1) is 0 Å². The van der Waals surface area contributed by atoms with Crippen molar-refractivity contribution in [2.24, 2.45) is 0 Å². The van der Waals surface area contributed by atoms with Gasteiger partial charge in [-0.3, -0.25) is 9.48 Å². The molecule has 0 aliphatic heterocycles. The number of aromatic nitrogens is 2. The Morgan fingerprint density at radius 1 is 1.13 bits per heavy atom. The quantitative estimate of drug-likeness (QED) is 0.540. The number of hydrogen-bond donors (Lipinski definition) is 2. The number of para-hydroxylation sites is 1. The first-order valence-corrected chi connectivity index (χ1v) is 10.4. The van der Waals surface area contributed by atoms with E-state index in [1.807, 2.05) is 67.2 Å². The van der Waals surface area contributed by atoms with Crippen LogP contribution in [0.15, 0.2) is 60.8 Å². The van der Waals surface area contributed by atoms with Gasteiger partial charge in [0.1, 0.15) is 11.4 Å². The molecule has 0 radical (unpaired) electrons. The van der Waals surface area contributed by atoms with Crippen molar-refractivity contribution in [3.63, 3.8) is 0 Å². The molecule has 2 N–H and O–H groups in total. The zero-order valence-corrected chi connectivity index (χ0v) is 17.9. The van der Waals surface area contributed by atoms with Gasteiger partial charge in [0, 0.05) is 30.4 Å². The highest BCUT2D eigenvalue weighted by Crippen LogP contribution is 2.31. The molecule has 1 heterocycles. The molecule has 1 atom stereocenters. The molecule has 0 spiro atoms. The van der Waals surface area contributed by atoms with Crippen LogP contribution in [0.3, 0.4) is 0 Å². The lowest BCUT2D eigenvalue weighted by Crippen LogP contribution is -2.42. The Labute approximate surface area is 178 Å². The lowest BCUT2D eigenvalue weighted by molar-refractivity contribution is -0.122. The maximum absolute atomic E-state index is 12.2. The van der Waals surface area contributed by atoms with Crippen molar-refractivity contribution in [1.82, 2.24) is 20.4 Å². The van der Waals surface area contributed by atoms with Crippen LogP contribution in [-0.4, -0.2) is 35.4 Å². The third-order valence-corrected chi connectivity index (χ3v) is 4.93. The van der Waals surface area contributed by atoms with E-state index in [1.54, 1.807) is 7.11 Å². The fraction of sp³-hybridized carbons (Fsp3) is 0.333. The maximum atomic E-state index is 12.2. The Kier molecular flexibility index (Phi) is 7.63. The van der Waals surface area contributed by atoms with Gasteiger partial charge in [-0.1, -0.05) is 49.4 Å². The molecule has 6 heteroatoms. The summed E-state index contributed by atoms with van der Waals surface area (Å²) >= 11 is 0. The van der Waals surface area contributed by atoms with Crippen molar-refractivity contribution in [3.05, 3.63) is 71.9 Å². The lowest BCUT2D eigenvalue weighted by atomic mass is 10.1. The van der Waals surface area contributed by atoms with Crippen molar-refractivity contribution in [2.45, 2.75) is 39.4 Å². The fourth-order valence-electron chi connectivity index (χ4n) is 3.27. The van der Waals surface area contributed by atoms with Crippen LogP contribution in [0.2, 0.25) is 0 Å². The van der Waals surface area contributed by atoms with Crippen LogP contribution in [0.1, 0.15) is 31.4 Å². The van der Waals surface area contributed by atoms with Crippen molar-refractivity contribution < 1.29 is 9.53 Å². The summed E-state index contributed by atoms with van der Waals surface area (Å²) in [5, 5.41) is 11.1. The molecule has 2 aromatic carbocycles. The topological polar surface area (TPSA) is 68.2 Å². The summed E-state index contributed by atoms with van der Waals surface area (Å²) in [6.45, 7) is 5.81. The van der Waals surface area contributed by atoms with Gasteiger partial charge in [0.05, 0.1) is 19.7 Å². The van der Waals surface area contributed by atoms with E-state index in [0.29, 0.717) is 19.6 Å². The molecule has 158 valence electrons. The Hall–Kier alpha value is -3.12. The molecule has 6 nitrogen and oxygen atoms in total. The van der Waals surface area contributed by atoms with Crippen LogP contribution in [-0.2, 0) is 17.9 Å². The average Bonchev–Trinajstić information content (AvgIpc) is 3.18. The summed E-state index contributed by atoms with van der Waals surface area (Å²) in [4.78, 5) is 12.2. The number of ether oxygens (including phenoxy) is 1. The van der Waals surface area contributed by atoms with Gasteiger partial charge < -0.3 is 15.4 Å². The van der Waals surface area contributed by atoms with E-state index < -0.39 is 0 Å². The van der Waals surface area contributed by atoms with E-state index in [9.17, 15) is 4.79 Å². The number of carbonyl (C=O) groups excluding carboxylic acids is 1. The standard InChI is InChI=1S/C24H30N4O2/c1-4-14-25-24(29)18(2)26-15-20-17-28(16-19-10-6-5-7-11-19)27-23(20)21-12-8-9-13-22(21)30-3/h5-13,17-18,26H,4,14-16H2,1-3H3,(H,25,29)/t18-/m0/s1. The zero-order valence-electron chi connectivity index (χ0n) is 17.9. The summed E-state index contributed by atoms with van der Waals surface area (Å²) in [6.07, 6.45) is 2.96. The van der Waals surface area contributed by atoms with Crippen LogP contribution in [0.4, 0.5) is 0 Å². The van der Waals surface area contributed by atoms with Gasteiger partial charge in [0.2, 0.25) is 5.91 Å². The van der Waals surface area contributed by atoms with E-state index in [4.69, 9.17) is 9.84 Å². The molecule has 0 aliphatic carbocycles. The van der Waals surface area contributed by atoms with E-state index in [1.165, 1.54) is 5.56 Å². The monoisotopic (exact) mass is 406 g/mol. The molecular weight excluding hydrogens is 376 g/mol. The van der Waals surface area contributed by atoms with Gasteiger partial charge in [-0.05, 0) is 31.0 Å². The van der Waals surface area contributed by atoms with Gasteiger partial charge in [-0.25, -0.2) is 0 Å². The second-order valence-corrected chi connectivity index (χ2v) is 7.28. The summed E-state index contributed by atoms with van der Waals surface area (Å²) in [7, 11) is 1.66. The smallest absolute Gasteiger partial charge is 0.236 e. The molecule has 1 amide bonds. The van der Waals surface area contributed by atoms with Gasteiger partial charge in [0.15, 0.2) is 0 Å². The summed E-state index contributed by atoms with van der Waals surface area (Å²) in [5.41, 5.74) is 3.99. The van der Waals surface area contributed by atoms with E-state index in [2.05, 4.69) is 22.8 Å². The molecule has 0 bridgehead atoms. The van der Waals surface area contributed by atoms with Gasteiger partial charge in [0.25, 0.3) is 0 Å². The number of hydrogen-bond acceptors (Lipinski definition) is 4. The van der Waals surface area contributed by atoms with Crippen LogP contribution in [0.25, 0.3) is 11.3 Å². The minimum absolute atomic E-state index is 0.00682. The molecule has 0 saturated carbocycles. The third kappa shape index (κ3) is 5.48. The predicted octanol–water partition coefficient (Wildman–Crippen LogP) is 3.61. The number of benzene rings is 2. The van der Waals surface area contributed by atoms with Crippen LogP contribution in [0.5, 0.6) is 5.75 Å². The normalized spacial score (nSPS) is 11.8. The molecule has 3 aromatic rings. The molecule has 3 rings (SSSR count). The SMILES string of the molecule is CCCNC(=O)[C@H](C)NCc1cn(Cc2ccccc2)nc1-c1ccccc1OC. The first kappa shape index (κ1) is 21.6. The molecule has 0 saturated heterocycles. The number of rotatable bonds is 10. The zero-order chi connectivity index (χ0) is 21.3. The average molecular weight is 407 g/mol. The minimum atomic E-state index is -0.292. The largest absolute Gasteiger partial charge is 0.496 e. The van der Waals surface area contributed by atoms with Gasteiger partial charge in [-0.2, -0.15) is 5.10 Å². The van der Waals surface area contributed by atoms with Crippen molar-refractivity contribution in [3.8, 4) is 17.0 Å². The Bertz CT molecular complexity index is 953. The molecular formula is C24H30N4O2. The van der Waals surface area contributed by atoms with Crippen LogP contribution >= 0.6 is 0 Å². The van der Waals surface area contributed by atoms with Crippen molar-refractivity contribution >= 4 is 5.91 Å². The number of amides is 1. The molecule has 30 heavy (non-hydrogen) atoms. The molecule has 1 aromatic heterocycles. The molecule has 0 unspecified atom stereocenters. The van der Waals surface area contributed by atoms with E-state index in [0.717, 1.165) is 29.0 Å². The Balaban J connectivity index is 1.85. The number of nitrogens with zero attached hydrogens (tertiary/aromatic N) is 2. The summed E-state index contributed by atoms with van der Waals surface area (Å²) in [5.74, 6) is 0.782.